The number of nitrogens with one attached hydrogen (secondary N) is 1. The molecule has 1 amide bonds. The molecule has 1 aromatic heterocycles. The largest absolute Gasteiger partial charge is 0.496 e. The van der Waals surface area contributed by atoms with Crippen LogP contribution in [-0.4, -0.2) is 24.7 Å². The molecule has 2 aromatic rings. The highest BCUT2D eigenvalue weighted by Crippen LogP contribution is 2.23. The predicted octanol–water partition coefficient (Wildman–Crippen LogP) is 2.66. The van der Waals surface area contributed by atoms with Gasteiger partial charge in [0.1, 0.15) is 12.4 Å². The SMILES string of the molecule is COc1csc(C(=O)Nc2ccc(C)cc2C#CCO)c1. The molecule has 5 heteroatoms. The van der Waals surface area contributed by atoms with Crippen molar-refractivity contribution in [3.63, 3.8) is 0 Å². The predicted molar refractivity (Wildman–Crippen MR) is 84.0 cm³/mol. The van der Waals surface area contributed by atoms with E-state index in [0.717, 1.165) is 5.56 Å². The number of anilines is 1. The second-order valence-electron chi connectivity index (χ2n) is 4.31. The van der Waals surface area contributed by atoms with Gasteiger partial charge in [-0.2, -0.15) is 0 Å². The van der Waals surface area contributed by atoms with Gasteiger partial charge in [-0.05, 0) is 24.6 Å². The molecule has 0 radical (unpaired) electrons. The van der Waals surface area contributed by atoms with E-state index in [1.165, 1.54) is 11.3 Å². The molecule has 2 N–H and O–H groups in total. The summed E-state index contributed by atoms with van der Waals surface area (Å²) in [6.45, 7) is 1.73. The van der Waals surface area contributed by atoms with Gasteiger partial charge in [0, 0.05) is 17.0 Å². The normalized spacial score (nSPS) is 9.67. The van der Waals surface area contributed by atoms with Crippen LogP contribution in [0.1, 0.15) is 20.8 Å². The molecule has 0 aliphatic carbocycles. The third kappa shape index (κ3) is 3.85. The topological polar surface area (TPSA) is 58.6 Å². The van der Waals surface area contributed by atoms with Crippen molar-refractivity contribution in [3.8, 4) is 17.6 Å². The summed E-state index contributed by atoms with van der Waals surface area (Å²) in [7, 11) is 1.56. The molecule has 0 aliphatic heterocycles. The zero-order chi connectivity index (χ0) is 15.2. The van der Waals surface area contributed by atoms with Crippen molar-refractivity contribution in [3.05, 3.63) is 45.6 Å². The van der Waals surface area contributed by atoms with Crippen molar-refractivity contribution < 1.29 is 14.6 Å². The lowest BCUT2D eigenvalue weighted by molar-refractivity contribution is 0.103. The number of aryl methyl sites for hydroxylation is 1. The first-order chi connectivity index (χ1) is 10.1. The van der Waals surface area contributed by atoms with Gasteiger partial charge in [-0.3, -0.25) is 4.79 Å². The van der Waals surface area contributed by atoms with E-state index in [0.29, 0.717) is 21.9 Å². The van der Waals surface area contributed by atoms with Gasteiger partial charge in [0.2, 0.25) is 0 Å². The van der Waals surface area contributed by atoms with Crippen LogP contribution in [-0.2, 0) is 0 Å². The lowest BCUT2D eigenvalue weighted by atomic mass is 10.1. The summed E-state index contributed by atoms with van der Waals surface area (Å²) in [6.07, 6.45) is 0. The van der Waals surface area contributed by atoms with E-state index in [9.17, 15) is 4.79 Å². The highest BCUT2D eigenvalue weighted by molar-refractivity contribution is 7.12. The number of benzene rings is 1. The first kappa shape index (κ1) is 15.1. The number of carbonyl (C=O) groups is 1. The van der Waals surface area contributed by atoms with Gasteiger partial charge in [-0.25, -0.2) is 0 Å². The second kappa shape index (κ2) is 6.93. The number of methoxy groups -OCH3 is 1. The molecule has 0 aliphatic rings. The summed E-state index contributed by atoms with van der Waals surface area (Å²) in [5.41, 5.74) is 2.34. The van der Waals surface area contributed by atoms with Gasteiger partial charge in [0.25, 0.3) is 5.91 Å². The van der Waals surface area contributed by atoms with Crippen LogP contribution < -0.4 is 10.1 Å². The van der Waals surface area contributed by atoms with Crippen molar-refractivity contribution >= 4 is 22.9 Å². The zero-order valence-corrected chi connectivity index (χ0v) is 12.6. The maximum atomic E-state index is 12.2. The van der Waals surface area contributed by atoms with E-state index in [4.69, 9.17) is 9.84 Å². The first-order valence-electron chi connectivity index (χ1n) is 6.28. The number of thiophene rings is 1. The Hall–Kier alpha value is -2.29. The lowest BCUT2D eigenvalue weighted by Crippen LogP contribution is -2.11. The van der Waals surface area contributed by atoms with Crippen LogP contribution in [0.5, 0.6) is 5.75 Å². The fraction of sp³-hybridized carbons (Fsp3) is 0.188. The molecule has 2 rings (SSSR count). The minimum absolute atomic E-state index is 0.209. The van der Waals surface area contributed by atoms with Crippen molar-refractivity contribution in [1.82, 2.24) is 0 Å². The maximum absolute atomic E-state index is 12.2. The zero-order valence-electron chi connectivity index (χ0n) is 11.8. The molecular weight excluding hydrogens is 286 g/mol. The van der Waals surface area contributed by atoms with E-state index in [1.54, 1.807) is 24.6 Å². The van der Waals surface area contributed by atoms with Crippen molar-refractivity contribution in [2.45, 2.75) is 6.92 Å². The smallest absolute Gasteiger partial charge is 0.265 e. The first-order valence-corrected chi connectivity index (χ1v) is 7.16. The second-order valence-corrected chi connectivity index (χ2v) is 5.23. The van der Waals surface area contributed by atoms with Crippen LogP contribution in [0.2, 0.25) is 0 Å². The fourth-order valence-electron chi connectivity index (χ4n) is 1.73. The quantitative estimate of drug-likeness (QED) is 0.857. The Bertz CT molecular complexity index is 710. The van der Waals surface area contributed by atoms with Crippen molar-refractivity contribution in [2.24, 2.45) is 0 Å². The number of aliphatic hydroxyl groups excluding tert-OH is 1. The molecule has 0 unspecified atom stereocenters. The van der Waals surface area contributed by atoms with E-state index in [2.05, 4.69) is 17.2 Å². The van der Waals surface area contributed by atoms with Gasteiger partial charge in [0.15, 0.2) is 0 Å². The van der Waals surface area contributed by atoms with E-state index in [-0.39, 0.29) is 12.5 Å². The van der Waals surface area contributed by atoms with Gasteiger partial charge >= 0.3 is 0 Å². The van der Waals surface area contributed by atoms with E-state index in [1.807, 2.05) is 19.1 Å². The average Bonchev–Trinajstić information content (AvgIpc) is 2.96. The Labute approximate surface area is 127 Å². The van der Waals surface area contributed by atoms with Crippen LogP contribution in [0.15, 0.2) is 29.6 Å². The van der Waals surface area contributed by atoms with E-state index < -0.39 is 0 Å². The molecule has 1 aromatic carbocycles. The number of hydrogen-bond donors (Lipinski definition) is 2. The lowest BCUT2D eigenvalue weighted by Gasteiger charge is -2.07. The highest BCUT2D eigenvalue weighted by atomic mass is 32.1. The minimum atomic E-state index is -0.219. The van der Waals surface area contributed by atoms with Gasteiger partial charge < -0.3 is 15.2 Å². The molecule has 0 spiro atoms. The van der Waals surface area contributed by atoms with Crippen LogP contribution in [0.25, 0.3) is 0 Å². The Kier molecular flexibility index (Phi) is 4.99. The summed E-state index contributed by atoms with van der Waals surface area (Å²) < 4.78 is 5.07. The molecule has 0 bridgehead atoms. The van der Waals surface area contributed by atoms with Gasteiger partial charge in [-0.15, -0.1) is 11.3 Å². The number of hydrogen-bond acceptors (Lipinski definition) is 4. The Balaban J connectivity index is 2.24. The molecule has 0 saturated heterocycles. The molecule has 4 nitrogen and oxygen atoms in total. The highest BCUT2D eigenvalue weighted by Gasteiger charge is 2.11. The Morgan fingerprint density at radius 1 is 1.43 bits per heavy atom. The summed E-state index contributed by atoms with van der Waals surface area (Å²) in [5, 5.41) is 13.4. The monoisotopic (exact) mass is 301 g/mol. The van der Waals surface area contributed by atoms with Crippen molar-refractivity contribution in [2.75, 3.05) is 19.0 Å². The number of rotatable bonds is 3. The molecular formula is C16H15NO3S. The maximum Gasteiger partial charge on any atom is 0.265 e. The molecule has 0 atom stereocenters. The molecule has 0 saturated carbocycles. The van der Waals surface area contributed by atoms with Crippen LogP contribution in [0.4, 0.5) is 5.69 Å². The Morgan fingerprint density at radius 3 is 2.90 bits per heavy atom. The summed E-state index contributed by atoms with van der Waals surface area (Å²) >= 11 is 1.32. The molecule has 0 fully saturated rings. The van der Waals surface area contributed by atoms with Crippen LogP contribution >= 0.6 is 11.3 Å². The van der Waals surface area contributed by atoms with E-state index >= 15 is 0 Å². The third-order valence-electron chi connectivity index (χ3n) is 2.76. The van der Waals surface area contributed by atoms with Crippen LogP contribution in [0, 0.1) is 18.8 Å². The van der Waals surface area contributed by atoms with Crippen LogP contribution in [0.3, 0.4) is 0 Å². The average molecular weight is 301 g/mol. The fourth-order valence-corrected chi connectivity index (χ4v) is 2.48. The molecule has 108 valence electrons. The number of aliphatic hydroxyl groups is 1. The van der Waals surface area contributed by atoms with Gasteiger partial charge in [0.05, 0.1) is 17.7 Å². The number of ether oxygens (including phenoxy) is 1. The summed E-state index contributed by atoms with van der Waals surface area (Å²) in [5.74, 6) is 5.89. The molecule has 1 heterocycles. The molecule has 21 heavy (non-hydrogen) atoms. The Morgan fingerprint density at radius 2 is 2.24 bits per heavy atom. The van der Waals surface area contributed by atoms with Gasteiger partial charge in [-0.1, -0.05) is 17.9 Å². The summed E-state index contributed by atoms with van der Waals surface area (Å²) in [4.78, 5) is 12.8. The summed E-state index contributed by atoms with van der Waals surface area (Å²) in [6, 6.07) is 7.26. The number of amides is 1. The third-order valence-corrected chi connectivity index (χ3v) is 3.67. The minimum Gasteiger partial charge on any atom is -0.496 e. The number of carbonyl (C=O) groups excluding carboxylic acids is 1. The van der Waals surface area contributed by atoms with Crippen molar-refractivity contribution in [1.29, 1.82) is 0 Å². The standard InChI is InChI=1S/C16H15NO3S/c1-11-5-6-14(12(8-11)4-3-7-18)17-16(19)15-9-13(20-2)10-21-15/h5-6,8-10,18H,7H2,1-2H3,(H,17,19).